The highest BCUT2D eigenvalue weighted by molar-refractivity contribution is 6.00. The Balaban J connectivity index is 1.65. The van der Waals surface area contributed by atoms with Crippen LogP contribution >= 0.6 is 0 Å². The van der Waals surface area contributed by atoms with Gasteiger partial charge in [0.15, 0.2) is 0 Å². The number of carbonyl (C=O) groups excluding carboxylic acids is 1. The molecule has 0 bridgehead atoms. The van der Waals surface area contributed by atoms with E-state index in [1.165, 1.54) is 0 Å². The van der Waals surface area contributed by atoms with Gasteiger partial charge < -0.3 is 15.4 Å². The first-order chi connectivity index (χ1) is 11.2. The Morgan fingerprint density at radius 3 is 2.57 bits per heavy atom. The van der Waals surface area contributed by atoms with Crippen LogP contribution in [0.2, 0.25) is 0 Å². The minimum Gasteiger partial charge on any atom is -0.494 e. The van der Waals surface area contributed by atoms with Gasteiger partial charge in [-0.25, -0.2) is 4.79 Å². The van der Waals surface area contributed by atoms with Gasteiger partial charge in [0.25, 0.3) is 0 Å². The molecule has 0 atom stereocenters. The normalized spacial score (nSPS) is 10.3. The molecular formula is C18H17N3O2. The zero-order valence-corrected chi connectivity index (χ0v) is 12.7. The molecule has 116 valence electrons. The fraction of sp³-hybridized carbons (Fsp3) is 0.111. The van der Waals surface area contributed by atoms with E-state index in [9.17, 15) is 4.79 Å². The Labute approximate surface area is 134 Å². The third kappa shape index (κ3) is 3.77. The number of hydrogen-bond donors (Lipinski definition) is 2. The van der Waals surface area contributed by atoms with Gasteiger partial charge in [-0.3, -0.25) is 4.98 Å². The third-order valence-corrected chi connectivity index (χ3v) is 3.27. The van der Waals surface area contributed by atoms with Gasteiger partial charge in [0.05, 0.1) is 24.0 Å². The molecule has 2 amide bonds. The lowest BCUT2D eigenvalue weighted by Gasteiger charge is -2.09. The molecule has 0 aliphatic heterocycles. The van der Waals surface area contributed by atoms with Crippen LogP contribution in [0.1, 0.15) is 6.92 Å². The first-order valence-electron chi connectivity index (χ1n) is 7.40. The monoisotopic (exact) mass is 307 g/mol. The summed E-state index contributed by atoms with van der Waals surface area (Å²) in [4.78, 5) is 16.4. The molecular weight excluding hydrogens is 290 g/mol. The Hall–Kier alpha value is -3.08. The van der Waals surface area contributed by atoms with Gasteiger partial charge in [-0.1, -0.05) is 18.2 Å². The minimum absolute atomic E-state index is 0.314. The molecule has 3 aromatic rings. The van der Waals surface area contributed by atoms with Crippen molar-refractivity contribution in [2.45, 2.75) is 6.92 Å². The maximum Gasteiger partial charge on any atom is 0.323 e. The van der Waals surface area contributed by atoms with E-state index in [-0.39, 0.29) is 6.03 Å². The molecule has 2 aromatic carbocycles. The van der Waals surface area contributed by atoms with Crippen molar-refractivity contribution in [1.29, 1.82) is 0 Å². The van der Waals surface area contributed by atoms with Gasteiger partial charge >= 0.3 is 6.03 Å². The number of nitrogens with one attached hydrogen (secondary N) is 2. The molecule has 0 spiro atoms. The number of pyridine rings is 1. The van der Waals surface area contributed by atoms with E-state index in [0.29, 0.717) is 18.0 Å². The SMILES string of the molecule is CCOc1ccc(NC(=O)Nc2cnc3ccccc3c2)cc1. The molecule has 23 heavy (non-hydrogen) atoms. The molecule has 0 aliphatic rings. The van der Waals surface area contributed by atoms with E-state index >= 15 is 0 Å². The van der Waals surface area contributed by atoms with Crippen LogP contribution in [0.4, 0.5) is 16.2 Å². The van der Waals surface area contributed by atoms with Crippen LogP contribution in [0.5, 0.6) is 5.75 Å². The molecule has 0 fully saturated rings. The van der Waals surface area contributed by atoms with Crippen LogP contribution in [0, 0.1) is 0 Å². The number of nitrogens with zero attached hydrogens (tertiary/aromatic N) is 1. The van der Waals surface area contributed by atoms with Gasteiger partial charge in [0, 0.05) is 11.1 Å². The number of benzene rings is 2. The van der Waals surface area contributed by atoms with Crippen molar-refractivity contribution in [2.24, 2.45) is 0 Å². The number of aromatic nitrogens is 1. The minimum atomic E-state index is -0.314. The smallest absolute Gasteiger partial charge is 0.323 e. The highest BCUT2D eigenvalue weighted by Crippen LogP contribution is 2.18. The van der Waals surface area contributed by atoms with E-state index in [4.69, 9.17) is 4.74 Å². The summed E-state index contributed by atoms with van der Waals surface area (Å²) in [5, 5.41) is 6.53. The number of urea groups is 1. The molecule has 1 aromatic heterocycles. The summed E-state index contributed by atoms with van der Waals surface area (Å²) >= 11 is 0. The number of carbonyl (C=O) groups is 1. The number of ether oxygens (including phenoxy) is 1. The third-order valence-electron chi connectivity index (χ3n) is 3.27. The zero-order chi connectivity index (χ0) is 16.1. The van der Waals surface area contributed by atoms with Gasteiger partial charge in [-0.2, -0.15) is 0 Å². The topological polar surface area (TPSA) is 63.2 Å². The fourth-order valence-corrected chi connectivity index (χ4v) is 2.23. The molecule has 0 saturated heterocycles. The first kappa shape index (κ1) is 14.8. The van der Waals surface area contributed by atoms with E-state index in [1.807, 2.05) is 49.4 Å². The second-order valence-electron chi connectivity index (χ2n) is 4.95. The zero-order valence-electron chi connectivity index (χ0n) is 12.7. The number of anilines is 2. The summed E-state index contributed by atoms with van der Waals surface area (Å²) < 4.78 is 5.37. The Kier molecular flexibility index (Phi) is 4.38. The molecule has 0 radical (unpaired) electrons. The number of amides is 2. The molecule has 0 saturated carbocycles. The highest BCUT2D eigenvalue weighted by atomic mass is 16.5. The van der Waals surface area contributed by atoms with Gasteiger partial charge in [-0.15, -0.1) is 0 Å². The van der Waals surface area contributed by atoms with Crippen molar-refractivity contribution in [1.82, 2.24) is 4.98 Å². The average Bonchev–Trinajstić information content (AvgIpc) is 2.57. The van der Waals surface area contributed by atoms with Crippen molar-refractivity contribution < 1.29 is 9.53 Å². The Bertz CT molecular complexity index is 816. The summed E-state index contributed by atoms with van der Waals surface area (Å²) in [5.74, 6) is 0.775. The van der Waals surface area contributed by atoms with Crippen LogP contribution in [-0.2, 0) is 0 Å². The summed E-state index contributed by atoms with van der Waals surface area (Å²) in [6.45, 7) is 2.54. The highest BCUT2D eigenvalue weighted by Gasteiger charge is 2.04. The number of para-hydroxylation sites is 1. The predicted octanol–water partition coefficient (Wildman–Crippen LogP) is 4.28. The summed E-state index contributed by atoms with van der Waals surface area (Å²) in [7, 11) is 0. The lowest BCUT2D eigenvalue weighted by molar-refractivity contribution is 0.262. The summed E-state index contributed by atoms with van der Waals surface area (Å²) in [6, 6.07) is 16.6. The molecule has 0 unspecified atom stereocenters. The van der Waals surface area contributed by atoms with Gasteiger partial charge in [-0.05, 0) is 43.3 Å². The number of hydrogen-bond acceptors (Lipinski definition) is 3. The Morgan fingerprint density at radius 1 is 1.04 bits per heavy atom. The van der Waals surface area contributed by atoms with Crippen molar-refractivity contribution in [3.63, 3.8) is 0 Å². The lowest BCUT2D eigenvalue weighted by Crippen LogP contribution is -2.19. The standard InChI is InChI=1S/C18H17N3O2/c1-2-23-16-9-7-14(8-10-16)20-18(22)21-15-11-13-5-3-4-6-17(13)19-12-15/h3-12H,2H2,1H3,(H2,20,21,22). The van der Waals surface area contributed by atoms with Crippen molar-refractivity contribution in [2.75, 3.05) is 17.2 Å². The van der Waals surface area contributed by atoms with E-state index in [1.54, 1.807) is 18.3 Å². The Morgan fingerprint density at radius 2 is 1.78 bits per heavy atom. The largest absolute Gasteiger partial charge is 0.494 e. The average molecular weight is 307 g/mol. The number of rotatable bonds is 4. The van der Waals surface area contributed by atoms with Gasteiger partial charge in [0.1, 0.15) is 5.75 Å². The van der Waals surface area contributed by atoms with Gasteiger partial charge in [0.2, 0.25) is 0 Å². The lowest BCUT2D eigenvalue weighted by atomic mass is 10.2. The second kappa shape index (κ2) is 6.79. The van der Waals surface area contributed by atoms with Crippen LogP contribution in [0.3, 0.4) is 0 Å². The number of fused-ring (bicyclic) bond motifs is 1. The van der Waals surface area contributed by atoms with Crippen molar-refractivity contribution in [3.05, 3.63) is 60.8 Å². The predicted molar refractivity (Wildman–Crippen MR) is 92.0 cm³/mol. The first-order valence-corrected chi connectivity index (χ1v) is 7.40. The van der Waals surface area contributed by atoms with E-state index < -0.39 is 0 Å². The van der Waals surface area contributed by atoms with Crippen LogP contribution in [0.25, 0.3) is 10.9 Å². The van der Waals surface area contributed by atoms with E-state index in [2.05, 4.69) is 15.6 Å². The van der Waals surface area contributed by atoms with Crippen LogP contribution in [-0.4, -0.2) is 17.6 Å². The second-order valence-corrected chi connectivity index (χ2v) is 4.95. The van der Waals surface area contributed by atoms with E-state index in [0.717, 1.165) is 16.7 Å². The molecule has 0 aliphatic carbocycles. The maximum absolute atomic E-state index is 12.0. The quantitative estimate of drug-likeness (QED) is 0.756. The summed E-state index contributed by atoms with van der Waals surface area (Å²) in [6.07, 6.45) is 1.64. The molecule has 1 heterocycles. The van der Waals surface area contributed by atoms with Crippen molar-refractivity contribution in [3.8, 4) is 5.75 Å². The van der Waals surface area contributed by atoms with Crippen LogP contribution in [0.15, 0.2) is 60.8 Å². The van der Waals surface area contributed by atoms with Crippen molar-refractivity contribution >= 4 is 28.3 Å². The summed E-state index contributed by atoms with van der Waals surface area (Å²) in [5.41, 5.74) is 2.23. The van der Waals surface area contributed by atoms with Crippen LogP contribution < -0.4 is 15.4 Å². The molecule has 2 N–H and O–H groups in total. The maximum atomic E-state index is 12.0. The molecule has 5 nitrogen and oxygen atoms in total. The fourth-order valence-electron chi connectivity index (χ4n) is 2.23. The molecule has 3 rings (SSSR count). The molecule has 5 heteroatoms.